The molecule has 96 valence electrons. The smallest absolute Gasteiger partial charge is 0.0931 e. The first kappa shape index (κ1) is 11.5. The van der Waals surface area contributed by atoms with Crippen LogP contribution < -0.4 is 10.6 Å². The number of rotatable bonds is 2. The maximum Gasteiger partial charge on any atom is 0.0931 e. The van der Waals surface area contributed by atoms with Crippen molar-refractivity contribution in [1.82, 2.24) is 15.3 Å². The van der Waals surface area contributed by atoms with E-state index >= 15 is 0 Å². The number of anilines is 1. The maximum atomic E-state index is 4.24. The Balaban J connectivity index is 1.75. The van der Waals surface area contributed by atoms with E-state index in [2.05, 4.69) is 52.6 Å². The summed E-state index contributed by atoms with van der Waals surface area (Å²) in [5.74, 6) is 0. The number of fused-ring (bicyclic) bond motifs is 1. The SMILES string of the molecule is CC1(C)CC(Nc2ccc3nc[nH]c3c2)CCN1. The largest absolute Gasteiger partial charge is 0.382 e. The number of hydrogen-bond donors (Lipinski definition) is 3. The predicted octanol–water partition coefficient (Wildman–Crippen LogP) is 2.51. The highest BCUT2D eigenvalue weighted by molar-refractivity contribution is 5.78. The molecule has 18 heavy (non-hydrogen) atoms. The monoisotopic (exact) mass is 244 g/mol. The highest BCUT2D eigenvalue weighted by Gasteiger charge is 2.27. The first-order chi connectivity index (χ1) is 8.62. The highest BCUT2D eigenvalue weighted by atomic mass is 15.0. The minimum Gasteiger partial charge on any atom is -0.382 e. The molecule has 0 bridgehead atoms. The summed E-state index contributed by atoms with van der Waals surface area (Å²) >= 11 is 0. The minimum atomic E-state index is 0.230. The molecule has 0 spiro atoms. The second-order valence-corrected chi connectivity index (χ2v) is 5.78. The van der Waals surface area contributed by atoms with Crippen molar-refractivity contribution < 1.29 is 0 Å². The summed E-state index contributed by atoms with van der Waals surface area (Å²) in [5, 5.41) is 7.17. The number of aromatic nitrogens is 2. The van der Waals surface area contributed by atoms with Crippen LogP contribution in [0.2, 0.25) is 0 Å². The van der Waals surface area contributed by atoms with Crippen molar-refractivity contribution in [3.8, 4) is 0 Å². The lowest BCUT2D eigenvalue weighted by atomic mass is 9.89. The quantitative estimate of drug-likeness (QED) is 0.761. The van der Waals surface area contributed by atoms with Crippen molar-refractivity contribution in [3.63, 3.8) is 0 Å². The van der Waals surface area contributed by atoms with E-state index in [-0.39, 0.29) is 5.54 Å². The van der Waals surface area contributed by atoms with Gasteiger partial charge in [-0.2, -0.15) is 0 Å². The highest BCUT2D eigenvalue weighted by Crippen LogP contribution is 2.23. The molecule has 1 fully saturated rings. The molecule has 1 aromatic carbocycles. The van der Waals surface area contributed by atoms with Gasteiger partial charge in [0.2, 0.25) is 0 Å². The van der Waals surface area contributed by atoms with Crippen molar-refractivity contribution >= 4 is 16.7 Å². The Kier molecular flexibility index (Phi) is 2.74. The van der Waals surface area contributed by atoms with E-state index in [0.717, 1.165) is 24.0 Å². The van der Waals surface area contributed by atoms with Gasteiger partial charge in [0.1, 0.15) is 0 Å². The second kappa shape index (κ2) is 4.28. The molecule has 0 aliphatic carbocycles. The number of H-pyrrole nitrogens is 1. The summed E-state index contributed by atoms with van der Waals surface area (Å²) in [6, 6.07) is 6.84. The molecular weight excluding hydrogens is 224 g/mol. The standard InChI is InChI=1S/C14H20N4/c1-14(2)8-11(5-6-17-14)18-10-3-4-12-13(7-10)16-9-15-12/h3-4,7,9,11,17-18H,5-6,8H2,1-2H3,(H,15,16). The van der Waals surface area contributed by atoms with Gasteiger partial charge in [-0.15, -0.1) is 0 Å². The van der Waals surface area contributed by atoms with Crippen LogP contribution in [-0.4, -0.2) is 28.1 Å². The van der Waals surface area contributed by atoms with Crippen LogP contribution in [0.4, 0.5) is 5.69 Å². The number of nitrogens with zero attached hydrogens (tertiary/aromatic N) is 1. The molecule has 0 radical (unpaired) electrons. The van der Waals surface area contributed by atoms with Gasteiger partial charge in [-0.25, -0.2) is 4.98 Å². The van der Waals surface area contributed by atoms with Gasteiger partial charge in [-0.1, -0.05) is 0 Å². The van der Waals surface area contributed by atoms with Crippen LogP contribution in [-0.2, 0) is 0 Å². The number of hydrogen-bond acceptors (Lipinski definition) is 3. The van der Waals surface area contributed by atoms with Crippen LogP contribution in [0.1, 0.15) is 26.7 Å². The van der Waals surface area contributed by atoms with Gasteiger partial charge in [0.05, 0.1) is 17.4 Å². The zero-order valence-electron chi connectivity index (χ0n) is 11.0. The zero-order chi connectivity index (χ0) is 12.6. The van der Waals surface area contributed by atoms with Gasteiger partial charge in [0.15, 0.2) is 0 Å². The third-order valence-corrected chi connectivity index (χ3v) is 3.64. The number of imidazole rings is 1. The zero-order valence-corrected chi connectivity index (χ0v) is 11.0. The Hall–Kier alpha value is -1.55. The average molecular weight is 244 g/mol. The minimum absolute atomic E-state index is 0.230. The normalized spacial score (nSPS) is 23.1. The van der Waals surface area contributed by atoms with E-state index < -0.39 is 0 Å². The van der Waals surface area contributed by atoms with Gasteiger partial charge in [0.25, 0.3) is 0 Å². The lowest BCUT2D eigenvalue weighted by Gasteiger charge is -2.37. The summed E-state index contributed by atoms with van der Waals surface area (Å²) in [6.07, 6.45) is 4.06. The number of benzene rings is 1. The molecule has 1 atom stereocenters. The van der Waals surface area contributed by atoms with Gasteiger partial charge < -0.3 is 15.6 Å². The molecule has 3 rings (SSSR count). The maximum absolute atomic E-state index is 4.24. The second-order valence-electron chi connectivity index (χ2n) is 5.78. The fraction of sp³-hybridized carbons (Fsp3) is 0.500. The summed E-state index contributed by atoms with van der Waals surface area (Å²) < 4.78 is 0. The van der Waals surface area contributed by atoms with Gasteiger partial charge in [-0.05, 0) is 51.4 Å². The van der Waals surface area contributed by atoms with E-state index in [9.17, 15) is 0 Å². The van der Waals surface area contributed by atoms with Gasteiger partial charge in [0, 0.05) is 17.3 Å². The van der Waals surface area contributed by atoms with Crippen LogP contribution in [0.25, 0.3) is 11.0 Å². The van der Waals surface area contributed by atoms with Crippen LogP contribution in [0, 0.1) is 0 Å². The summed E-state index contributed by atoms with van der Waals surface area (Å²) in [6.45, 7) is 5.61. The Morgan fingerprint density at radius 1 is 1.39 bits per heavy atom. The molecule has 1 aliphatic heterocycles. The molecule has 0 saturated carbocycles. The summed E-state index contributed by atoms with van der Waals surface area (Å²) in [7, 11) is 0. The molecule has 1 aliphatic rings. The molecule has 0 amide bonds. The van der Waals surface area contributed by atoms with Crippen molar-refractivity contribution in [3.05, 3.63) is 24.5 Å². The van der Waals surface area contributed by atoms with Crippen LogP contribution in [0.5, 0.6) is 0 Å². The van der Waals surface area contributed by atoms with E-state index in [1.165, 1.54) is 12.1 Å². The molecule has 2 aromatic rings. The Labute approximate surface area is 107 Å². The molecule has 4 nitrogen and oxygen atoms in total. The van der Waals surface area contributed by atoms with Crippen molar-refractivity contribution in [1.29, 1.82) is 0 Å². The van der Waals surface area contributed by atoms with E-state index in [1.807, 2.05) is 0 Å². The lowest BCUT2D eigenvalue weighted by Crippen LogP contribution is -2.49. The Bertz CT molecular complexity index is 543. The third kappa shape index (κ3) is 2.34. The summed E-state index contributed by atoms with van der Waals surface area (Å²) in [5.41, 5.74) is 3.52. The summed E-state index contributed by atoms with van der Waals surface area (Å²) in [4.78, 5) is 7.39. The van der Waals surface area contributed by atoms with Crippen molar-refractivity contribution in [2.24, 2.45) is 0 Å². The first-order valence-corrected chi connectivity index (χ1v) is 6.57. The van der Waals surface area contributed by atoms with Crippen molar-refractivity contribution in [2.45, 2.75) is 38.3 Å². The van der Waals surface area contributed by atoms with Gasteiger partial charge >= 0.3 is 0 Å². The van der Waals surface area contributed by atoms with Crippen LogP contribution >= 0.6 is 0 Å². The predicted molar refractivity (Wildman–Crippen MR) is 74.8 cm³/mol. The number of aromatic amines is 1. The van der Waals surface area contributed by atoms with Gasteiger partial charge in [-0.3, -0.25) is 0 Å². The molecule has 2 heterocycles. The van der Waals surface area contributed by atoms with Crippen LogP contribution in [0.15, 0.2) is 24.5 Å². The van der Waals surface area contributed by atoms with E-state index in [0.29, 0.717) is 6.04 Å². The van der Waals surface area contributed by atoms with Crippen molar-refractivity contribution in [2.75, 3.05) is 11.9 Å². The fourth-order valence-electron chi connectivity index (χ4n) is 2.76. The molecule has 1 unspecified atom stereocenters. The third-order valence-electron chi connectivity index (χ3n) is 3.64. The first-order valence-electron chi connectivity index (χ1n) is 6.57. The lowest BCUT2D eigenvalue weighted by molar-refractivity contribution is 0.286. The topological polar surface area (TPSA) is 52.7 Å². The Morgan fingerprint density at radius 3 is 3.11 bits per heavy atom. The van der Waals surface area contributed by atoms with E-state index in [4.69, 9.17) is 0 Å². The fourth-order valence-corrected chi connectivity index (χ4v) is 2.76. The van der Waals surface area contributed by atoms with E-state index in [1.54, 1.807) is 6.33 Å². The average Bonchev–Trinajstić information content (AvgIpc) is 2.74. The molecule has 3 N–H and O–H groups in total. The molecule has 1 saturated heterocycles. The molecule has 1 aromatic heterocycles. The number of piperidine rings is 1. The van der Waals surface area contributed by atoms with Crippen LogP contribution in [0.3, 0.4) is 0 Å². The number of nitrogens with one attached hydrogen (secondary N) is 3. The molecule has 4 heteroatoms. The molecular formula is C14H20N4. The Morgan fingerprint density at radius 2 is 2.28 bits per heavy atom.